The van der Waals surface area contributed by atoms with E-state index in [1.807, 2.05) is 23.0 Å². The van der Waals surface area contributed by atoms with Gasteiger partial charge in [-0.05, 0) is 59.4 Å². The number of rotatable bonds is 7. The molecule has 0 fully saturated rings. The highest BCUT2D eigenvalue weighted by Crippen LogP contribution is 2.31. The van der Waals surface area contributed by atoms with Gasteiger partial charge in [-0.2, -0.15) is 5.10 Å². The van der Waals surface area contributed by atoms with E-state index in [0.717, 1.165) is 41.0 Å². The van der Waals surface area contributed by atoms with Crippen molar-refractivity contribution < 1.29 is 0 Å². The maximum atomic E-state index is 6.46. The Morgan fingerprint density at radius 3 is 2.86 bits per heavy atom. The average Bonchev–Trinajstić information content (AvgIpc) is 2.94. The molecular weight excluding hydrogens is 350 g/mol. The zero-order valence-electron chi connectivity index (χ0n) is 12.4. The molecule has 0 aliphatic heterocycles. The van der Waals surface area contributed by atoms with Crippen LogP contribution in [0.1, 0.15) is 37.4 Å². The average molecular weight is 371 g/mol. The summed E-state index contributed by atoms with van der Waals surface area (Å²) >= 11 is 9.97. The molecule has 0 amide bonds. The molecule has 0 saturated heterocycles. The lowest BCUT2D eigenvalue weighted by Crippen LogP contribution is -2.24. The third-order valence-electron chi connectivity index (χ3n) is 3.45. The number of hydrogen-bond donors (Lipinski definition) is 1. The summed E-state index contributed by atoms with van der Waals surface area (Å²) in [6, 6.07) is 6.29. The molecule has 0 aliphatic carbocycles. The number of halogens is 2. The van der Waals surface area contributed by atoms with E-state index in [4.69, 9.17) is 11.6 Å². The molecule has 2 aromatic rings. The number of hydrogen-bond acceptors (Lipinski definition) is 2. The molecular formula is C16H21BrClN3. The maximum Gasteiger partial charge on any atom is 0.0595 e. The van der Waals surface area contributed by atoms with E-state index >= 15 is 0 Å². The number of nitrogens with one attached hydrogen (secondary N) is 1. The SMILES string of the molecule is CCCNC(Cc1cnn(CC)c1)c1cccc(Br)c1Cl. The Hall–Kier alpha value is -0.840. The van der Waals surface area contributed by atoms with E-state index in [1.54, 1.807) is 0 Å². The minimum Gasteiger partial charge on any atom is -0.310 e. The molecule has 2 rings (SSSR count). The van der Waals surface area contributed by atoms with Crippen LogP contribution >= 0.6 is 27.5 Å². The van der Waals surface area contributed by atoms with Crippen LogP contribution in [0.2, 0.25) is 5.02 Å². The van der Waals surface area contributed by atoms with Crippen molar-refractivity contribution in [1.29, 1.82) is 0 Å². The van der Waals surface area contributed by atoms with Gasteiger partial charge in [0.15, 0.2) is 0 Å². The molecule has 1 unspecified atom stereocenters. The molecule has 0 aliphatic rings. The molecule has 1 heterocycles. The van der Waals surface area contributed by atoms with Crippen LogP contribution in [0.3, 0.4) is 0 Å². The first-order chi connectivity index (χ1) is 10.2. The zero-order valence-corrected chi connectivity index (χ0v) is 14.8. The summed E-state index contributed by atoms with van der Waals surface area (Å²) in [6.07, 6.45) is 6.02. The van der Waals surface area contributed by atoms with Gasteiger partial charge in [0.2, 0.25) is 0 Å². The lowest BCUT2D eigenvalue weighted by Gasteiger charge is -2.20. The largest absolute Gasteiger partial charge is 0.310 e. The van der Waals surface area contributed by atoms with Crippen molar-refractivity contribution in [1.82, 2.24) is 15.1 Å². The van der Waals surface area contributed by atoms with E-state index in [-0.39, 0.29) is 6.04 Å². The highest BCUT2D eigenvalue weighted by atomic mass is 79.9. The van der Waals surface area contributed by atoms with Crippen LogP contribution in [0, 0.1) is 0 Å². The van der Waals surface area contributed by atoms with Crippen molar-refractivity contribution in [3.05, 3.63) is 51.2 Å². The Morgan fingerprint density at radius 1 is 1.38 bits per heavy atom. The van der Waals surface area contributed by atoms with Crippen molar-refractivity contribution in [2.45, 2.75) is 39.3 Å². The Morgan fingerprint density at radius 2 is 2.19 bits per heavy atom. The smallest absolute Gasteiger partial charge is 0.0595 e. The van der Waals surface area contributed by atoms with Crippen LogP contribution in [0.4, 0.5) is 0 Å². The van der Waals surface area contributed by atoms with Crippen LogP contribution in [-0.4, -0.2) is 16.3 Å². The second-order valence-electron chi connectivity index (χ2n) is 5.06. The summed E-state index contributed by atoms with van der Waals surface area (Å²) in [6.45, 7) is 6.12. The molecule has 1 atom stereocenters. The molecule has 1 N–H and O–H groups in total. The molecule has 114 valence electrons. The highest BCUT2D eigenvalue weighted by molar-refractivity contribution is 9.10. The first-order valence-electron chi connectivity index (χ1n) is 7.34. The minimum atomic E-state index is 0.199. The van der Waals surface area contributed by atoms with Crippen molar-refractivity contribution >= 4 is 27.5 Å². The Kier molecular flexibility index (Phi) is 6.27. The number of aromatic nitrogens is 2. The maximum absolute atomic E-state index is 6.46. The van der Waals surface area contributed by atoms with Gasteiger partial charge >= 0.3 is 0 Å². The van der Waals surface area contributed by atoms with E-state index in [2.05, 4.69) is 52.5 Å². The van der Waals surface area contributed by atoms with Crippen LogP contribution in [0.5, 0.6) is 0 Å². The van der Waals surface area contributed by atoms with E-state index < -0.39 is 0 Å². The van der Waals surface area contributed by atoms with Crippen molar-refractivity contribution in [3.8, 4) is 0 Å². The Balaban J connectivity index is 2.23. The molecule has 1 aromatic carbocycles. The number of aryl methyl sites for hydroxylation is 1. The van der Waals surface area contributed by atoms with Gasteiger partial charge in [0.1, 0.15) is 0 Å². The fourth-order valence-electron chi connectivity index (χ4n) is 2.32. The minimum absolute atomic E-state index is 0.199. The monoisotopic (exact) mass is 369 g/mol. The molecule has 0 radical (unpaired) electrons. The molecule has 3 nitrogen and oxygen atoms in total. The molecule has 1 aromatic heterocycles. The third-order valence-corrected chi connectivity index (χ3v) is 4.76. The molecule has 5 heteroatoms. The molecule has 21 heavy (non-hydrogen) atoms. The first-order valence-corrected chi connectivity index (χ1v) is 8.51. The van der Waals surface area contributed by atoms with E-state index in [0.29, 0.717) is 0 Å². The van der Waals surface area contributed by atoms with Gasteiger partial charge in [-0.1, -0.05) is 30.7 Å². The topological polar surface area (TPSA) is 29.9 Å². The number of benzene rings is 1. The van der Waals surface area contributed by atoms with Gasteiger partial charge in [-0.3, -0.25) is 4.68 Å². The molecule has 0 spiro atoms. The van der Waals surface area contributed by atoms with Crippen LogP contribution in [-0.2, 0) is 13.0 Å². The quantitative estimate of drug-likeness (QED) is 0.772. The Labute approximate surface area is 139 Å². The first kappa shape index (κ1) is 16.5. The molecule has 0 saturated carbocycles. The predicted octanol–water partition coefficient (Wildman–Crippen LogP) is 4.60. The van der Waals surface area contributed by atoms with Gasteiger partial charge in [-0.15, -0.1) is 0 Å². The van der Waals surface area contributed by atoms with Crippen LogP contribution in [0.25, 0.3) is 0 Å². The second kappa shape index (κ2) is 7.97. The predicted molar refractivity (Wildman–Crippen MR) is 91.8 cm³/mol. The Bertz CT molecular complexity index is 583. The van der Waals surface area contributed by atoms with Gasteiger partial charge in [0.05, 0.1) is 11.2 Å². The highest BCUT2D eigenvalue weighted by Gasteiger charge is 2.17. The zero-order chi connectivity index (χ0) is 15.2. The third kappa shape index (κ3) is 4.31. The van der Waals surface area contributed by atoms with Crippen LogP contribution < -0.4 is 5.32 Å². The summed E-state index contributed by atoms with van der Waals surface area (Å²) in [5.41, 5.74) is 2.35. The van der Waals surface area contributed by atoms with Crippen molar-refractivity contribution in [2.24, 2.45) is 0 Å². The normalized spacial score (nSPS) is 12.6. The summed E-state index contributed by atoms with van der Waals surface area (Å²) in [7, 11) is 0. The summed E-state index contributed by atoms with van der Waals surface area (Å²) in [5.74, 6) is 0. The summed E-state index contributed by atoms with van der Waals surface area (Å²) in [5, 5.41) is 8.72. The lowest BCUT2D eigenvalue weighted by molar-refractivity contribution is 0.529. The lowest BCUT2D eigenvalue weighted by atomic mass is 10.0. The van der Waals surface area contributed by atoms with E-state index in [1.165, 1.54) is 5.56 Å². The van der Waals surface area contributed by atoms with E-state index in [9.17, 15) is 0 Å². The van der Waals surface area contributed by atoms with Gasteiger partial charge in [0.25, 0.3) is 0 Å². The number of nitrogens with zero attached hydrogens (tertiary/aromatic N) is 2. The summed E-state index contributed by atoms with van der Waals surface area (Å²) in [4.78, 5) is 0. The van der Waals surface area contributed by atoms with Crippen LogP contribution in [0.15, 0.2) is 35.1 Å². The standard InChI is InChI=1S/C16H21BrClN3/c1-3-8-19-15(9-12-10-20-21(4-2)11-12)13-6-5-7-14(17)16(13)18/h5-7,10-11,15,19H,3-4,8-9H2,1-2H3. The second-order valence-corrected chi connectivity index (χ2v) is 6.29. The fourth-order valence-corrected chi connectivity index (χ4v) is 2.96. The van der Waals surface area contributed by atoms with Crippen molar-refractivity contribution in [2.75, 3.05) is 6.54 Å². The van der Waals surface area contributed by atoms with Gasteiger partial charge < -0.3 is 5.32 Å². The van der Waals surface area contributed by atoms with Gasteiger partial charge in [-0.25, -0.2) is 0 Å². The van der Waals surface area contributed by atoms with Crippen molar-refractivity contribution in [3.63, 3.8) is 0 Å². The van der Waals surface area contributed by atoms with Gasteiger partial charge in [0, 0.05) is 23.3 Å². The summed E-state index contributed by atoms with van der Waals surface area (Å²) < 4.78 is 2.89. The molecule has 0 bridgehead atoms. The fraction of sp³-hybridized carbons (Fsp3) is 0.438.